The first-order valence-electron chi connectivity index (χ1n) is 5.06. The molecular weight excluding hydrogens is 188 g/mol. The van der Waals surface area contributed by atoms with Crippen LogP contribution in [0.3, 0.4) is 0 Å². The highest BCUT2D eigenvalue weighted by molar-refractivity contribution is 5.30. The number of benzene rings is 1. The van der Waals surface area contributed by atoms with Gasteiger partial charge in [0.2, 0.25) is 0 Å². The van der Waals surface area contributed by atoms with Crippen molar-refractivity contribution < 1.29 is 4.74 Å². The van der Waals surface area contributed by atoms with Crippen molar-refractivity contribution >= 4 is 0 Å². The molecule has 0 aliphatic rings. The van der Waals surface area contributed by atoms with E-state index in [1.54, 1.807) is 0 Å². The van der Waals surface area contributed by atoms with Crippen LogP contribution < -0.4 is 5.73 Å². The molecule has 0 amide bonds. The summed E-state index contributed by atoms with van der Waals surface area (Å²) >= 11 is 0. The summed E-state index contributed by atoms with van der Waals surface area (Å²) in [5.41, 5.74) is 5.74. The molecule has 0 aliphatic heterocycles. The van der Waals surface area contributed by atoms with Gasteiger partial charge >= 0.3 is 0 Å². The first-order chi connectivity index (χ1) is 7.23. The van der Waals surface area contributed by atoms with E-state index >= 15 is 0 Å². The Morgan fingerprint density at radius 1 is 1.40 bits per heavy atom. The zero-order valence-electron chi connectivity index (χ0n) is 8.94. The summed E-state index contributed by atoms with van der Waals surface area (Å²) in [4.78, 5) is 0. The van der Waals surface area contributed by atoms with Crippen LogP contribution in [0.25, 0.3) is 0 Å². The van der Waals surface area contributed by atoms with Crippen LogP contribution in [0.1, 0.15) is 18.9 Å². The van der Waals surface area contributed by atoms with Gasteiger partial charge in [0, 0.05) is 6.61 Å². The maximum absolute atomic E-state index is 9.08. The number of nitrogens with two attached hydrogens (primary N) is 1. The zero-order valence-corrected chi connectivity index (χ0v) is 8.94. The van der Waals surface area contributed by atoms with Gasteiger partial charge in [-0.05, 0) is 12.0 Å². The third kappa shape index (κ3) is 3.05. The Balaban J connectivity index is 2.73. The average molecular weight is 204 g/mol. The predicted molar refractivity (Wildman–Crippen MR) is 59.0 cm³/mol. The molecule has 15 heavy (non-hydrogen) atoms. The third-order valence-corrected chi connectivity index (χ3v) is 2.17. The minimum Gasteiger partial charge on any atom is -0.378 e. The molecule has 1 rings (SSSR count). The van der Waals surface area contributed by atoms with Crippen molar-refractivity contribution in [2.45, 2.75) is 18.9 Å². The van der Waals surface area contributed by atoms with Crippen LogP contribution >= 0.6 is 0 Å². The summed E-state index contributed by atoms with van der Waals surface area (Å²) in [6.45, 7) is 2.89. The Morgan fingerprint density at radius 2 is 2.07 bits per heavy atom. The standard InChI is InChI=1S/C12H16N2O/c1-2-8-15-10-12(14,9-13)11-6-4-3-5-7-11/h3-7H,2,8,10,14H2,1H3. The second-order valence-corrected chi connectivity index (χ2v) is 3.50. The van der Waals surface area contributed by atoms with Gasteiger partial charge < -0.3 is 10.5 Å². The molecule has 1 aromatic carbocycles. The molecule has 1 atom stereocenters. The predicted octanol–water partition coefficient (Wildman–Crippen LogP) is 1.79. The van der Waals surface area contributed by atoms with E-state index in [-0.39, 0.29) is 6.61 Å². The van der Waals surface area contributed by atoms with E-state index in [1.165, 1.54) is 0 Å². The van der Waals surface area contributed by atoms with Gasteiger partial charge in [0.05, 0.1) is 12.7 Å². The van der Waals surface area contributed by atoms with Gasteiger partial charge in [-0.1, -0.05) is 37.3 Å². The van der Waals surface area contributed by atoms with E-state index in [1.807, 2.05) is 37.3 Å². The van der Waals surface area contributed by atoms with E-state index < -0.39 is 5.54 Å². The molecule has 3 nitrogen and oxygen atoms in total. The number of nitrogens with zero attached hydrogens (tertiary/aromatic N) is 1. The molecule has 0 radical (unpaired) electrons. The van der Waals surface area contributed by atoms with Crippen LogP contribution in [-0.4, -0.2) is 13.2 Å². The molecule has 0 aromatic heterocycles. The molecule has 0 saturated carbocycles. The van der Waals surface area contributed by atoms with E-state index in [2.05, 4.69) is 6.07 Å². The highest BCUT2D eigenvalue weighted by Crippen LogP contribution is 2.17. The lowest BCUT2D eigenvalue weighted by Gasteiger charge is -2.21. The molecule has 3 heteroatoms. The van der Waals surface area contributed by atoms with Crippen LogP contribution in [0.2, 0.25) is 0 Å². The van der Waals surface area contributed by atoms with Crippen LogP contribution in [-0.2, 0) is 10.3 Å². The van der Waals surface area contributed by atoms with Crippen molar-refractivity contribution in [1.82, 2.24) is 0 Å². The van der Waals surface area contributed by atoms with Crippen molar-refractivity contribution in [1.29, 1.82) is 5.26 Å². The first kappa shape index (κ1) is 11.7. The van der Waals surface area contributed by atoms with Crippen LogP contribution in [0.4, 0.5) is 0 Å². The molecule has 0 bridgehead atoms. The Morgan fingerprint density at radius 3 is 2.60 bits per heavy atom. The average Bonchev–Trinajstić information content (AvgIpc) is 2.30. The molecule has 0 saturated heterocycles. The summed E-state index contributed by atoms with van der Waals surface area (Å²) < 4.78 is 5.35. The van der Waals surface area contributed by atoms with Gasteiger partial charge in [-0.2, -0.15) is 5.26 Å². The van der Waals surface area contributed by atoms with E-state index in [0.717, 1.165) is 12.0 Å². The van der Waals surface area contributed by atoms with Crippen molar-refractivity contribution in [2.75, 3.05) is 13.2 Å². The van der Waals surface area contributed by atoms with Crippen molar-refractivity contribution in [3.05, 3.63) is 35.9 Å². The second kappa shape index (κ2) is 5.50. The van der Waals surface area contributed by atoms with Crippen LogP contribution in [0.5, 0.6) is 0 Å². The number of nitriles is 1. The monoisotopic (exact) mass is 204 g/mol. The van der Waals surface area contributed by atoms with Gasteiger partial charge in [-0.15, -0.1) is 0 Å². The maximum atomic E-state index is 9.08. The smallest absolute Gasteiger partial charge is 0.153 e. The highest BCUT2D eigenvalue weighted by Gasteiger charge is 2.27. The first-order valence-corrected chi connectivity index (χ1v) is 5.06. The largest absolute Gasteiger partial charge is 0.378 e. The zero-order chi connectivity index (χ0) is 11.1. The highest BCUT2D eigenvalue weighted by atomic mass is 16.5. The Bertz CT molecular complexity index is 331. The second-order valence-electron chi connectivity index (χ2n) is 3.50. The molecule has 0 heterocycles. The molecule has 1 aromatic rings. The minimum absolute atomic E-state index is 0.237. The lowest BCUT2D eigenvalue weighted by Crippen LogP contribution is -2.40. The third-order valence-electron chi connectivity index (χ3n) is 2.17. The summed E-state index contributed by atoms with van der Waals surface area (Å²) in [6, 6.07) is 11.4. The number of hydrogen-bond donors (Lipinski definition) is 1. The van der Waals surface area contributed by atoms with E-state index in [4.69, 9.17) is 15.7 Å². The fourth-order valence-electron chi connectivity index (χ4n) is 1.29. The summed E-state index contributed by atoms with van der Waals surface area (Å²) in [6.07, 6.45) is 0.927. The van der Waals surface area contributed by atoms with Gasteiger partial charge in [0.1, 0.15) is 0 Å². The normalized spacial score (nSPS) is 14.2. The number of ether oxygens (including phenoxy) is 1. The Kier molecular flexibility index (Phi) is 4.29. The Hall–Kier alpha value is -1.37. The summed E-state index contributed by atoms with van der Waals surface area (Å²) in [5, 5.41) is 9.08. The van der Waals surface area contributed by atoms with Gasteiger partial charge in [-0.3, -0.25) is 0 Å². The van der Waals surface area contributed by atoms with E-state index in [0.29, 0.717) is 6.61 Å². The number of rotatable bonds is 5. The Labute approximate surface area is 90.5 Å². The van der Waals surface area contributed by atoms with E-state index in [9.17, 15) is 0 Å². The molecule has 0 aliphatic carbocycles. The molecule has 0 fully saturated rings. The summed E-state index contributed by atoms with van der Waals surface area (Å²) in [5.74, 6) is 0. The molecule has 2 N–H and O–H groups in total. The van der Waals surface area contributed by atoms with Crippen LogP contribution in [0, 0.1) is 11.3 Å². The van der Waals surface area contributed by atoms with Gasteiger partial charge in [0.15, 0.2) is 5.54 Å². The molecular formula is C12H16N2O. The van der Waals surface area contributed by atoms with Gasteiger partial charge in [-0.25, -0.2) is 0 Å². The molecule has 1 unspecified atom stereocenters. The summed E-state index contributed by atoms with van der Waals surface area (Å²) in [7, 11) is 0. The molecule has 0 spiro atoms. The van der Waals surface area contributed by atoms with Crippen molar-refractivity contribution in [3.63, 3.8) is 0 Å². The fraction of sp³-hybridized carbons (Fsp3) is 0.417. The topological polar surface area (TPSA) is 59.0 Å². The van der Waals surface area contributed by atoms with Crippen molar-refractivity contribution in [3.8, 4) is 6.07 Å². The quantitative estimate of drug-likeness (QED) is 0.744. The lowest BCUT2D eigenvalue weighted by molar-refractivity contribution is 0.103. The van der Waals surface area contributed by atoms with Crippen LogP contribution in [0.15, 0.2) is 30.3 Å². The SMILES string of the molecule is CCCOCC(N)(C#N)c1ccccc1. The number of hydrogen-bond acceptors (Lipinski definition) is 3. The van der Waals surface area contributed by atoms with Gasteiger partial charge in [0.25, 0.3) is 0 Å². The molecule has 80 valence electrons. The fourth-order valence-corrected chi connectivity index (χ4v) is 1.29. The van der Waals surface area contributed by atoms with Crippen molar-refractivity contribution in [2.24, 2.45) is 5.73 Å². The minimum atomic E-state index is -1.03. The lowest BCUT2D eigenvalue weighted by atomic mass is 9.94. The maximum Gasteiger partial charge on any atom is 0.153 e.